The number of benzene rings is 2. The van der Waals surface area contributed by atoms with Crippen molar-refractivity contribution in [1.29, 1.82) is 0 Å². The van der Waals surface area contributed by atoms with E-state index in [4.69, 9.17) is 9.47 Å². The van der Waals surface area contributed by atoms with Crippen LogP contribution in [0, 0.1) is 0 Å². The Morgan fingerprint density at radius 1 is 1.04 bits per heavy atom. The minimum atomic E-state index is -3.26. The normalized spacial score (nSPS) is 17.3. The van der Waals surface area contributed by atoms with E-state index < -0.39 is 9.84 Å². The van der Waals surface area contributed by atoms with Crippen LogP contribution < -0.4 is 4.74 Å². The zero-order valence-electron chi connectivity index (χ0n) is 14.6. The summed E-state index contributed by atoms with van der Waals surface area (Å²) in [7, 11) is -3.26. The molecule has 2 aromatic rings. The highest BCUT2D eigenvalue weighted by Crippen LogP contribution is 2.33. The van der Waals surface area contributed by atoms with Gasteiger partial charge in [-0.15, -0.1) is 0 Å². The highest BCUT2D eigenvalue weighted by atomic mass is 32.2. The molecule has 1 heterocycles. The minimum absolute atomic E-state index is 0.244. The molecule has 0 unspecified atom stereocenters. The molecular formula is C20H20O5S. The molecule has 2 aromatic carbocycles. The summed E-state index contributed by atoms with van der Waals surface area (Å²) < 4.78 is 34.3. The Kier molecular flexibility index (Phi) is 5.13. The van der Waals surface area contributed by atoms with Gasteiger partial charge in [0.2, 0.25) is 0 Å². The van der Waals surface area contributed by atoms with E-state index in [9.17, 15) is 13.2 Å². The molecule has 1 aliphatic rings. The predicted molar refractivity (Wildman–Crippen MR) is 98.6 cm³/mol. The van der Waals surface area contributed by atoms with Crippen molar-refractivity contribution < 1.29 is 22.7 Å². The van der Waals surface area contributed by atoms with Crippen LogP contribution in [0.3, 0.4) is 0 Å². The summed E-state index contributed by atoms with van der Waals surface area (Å²) in [6, 6.07) is 15.9. The standard InChI is InChI=1S/C20H20O5S/c1-14-19(15-8-10-17(11-9-15)26(2,22)23)18(20(21)25-14)12-13-24-16-6-4-3-5-7-16/h3-11,14H,12-13H2,1-2H3/t14-/m1/s1. The molecule has 6 heteroatoms. The van der Waals surface area contributed by atoms with Gasteiger partial charge in [-0.3, -0.25) is 0 Å². The number of ether oxygens (including phenoxy) is 2. The molecule has 3 rings (SSSR count). The molecule has 0 saturated carbocycles. The molecule has 136 valence electrons. The fourth-order valence-corrected chi connectivity index (χ4v) is 3.59. The van der Waals surface area contributed by atoms with Crippen molar-refractivity contribution in [3.05, 3.63) is 65.7 Å². The number of cyclic esters (lactones) is 1. The van der Waals surface area contributed by atoms with Gasteiger partial charge in [-0.1, -0.05) is 30.3 Å². The van der Waals surface area contributed by atoms with Crippen LogP contribution >= 0.6 is 0 Å². The van der Waals surface area contributed by atoms with Gasteiger partial charge in [0.25, 0.3) is 0 Å². The van der Waals surface area contributed by atoms with Crippen LogP contribution in [0.25, 0.3) is 5.57 Å². The minimum Gasteiger partial charge on any atom is -0.493 e. The van der Waals surface area contributed by atoms with E-state index in [0.717, 1.165) is 16.9 Å². The van der Waals surface area contributed by atoms with Crippen molar-refractivity contribution in [3.63, 3.8) is 0 Å². The number of esters is 1. The monoisotopic (exact) mass is 372 g/mol. The summed E-state index contributed by atoms with van der Waals surface area (Å²) >= 11 is 0. The van der Waals surface area contributed by atoms with E-state index >= 15 is 0 Å². The summed E-state index contributed by atoms with van der Waals surface area (Å²) in [5.41, 5.74) is 2.14. The maximum Gasteiger partial charge on any atom is 0.335 e. The Bertz CT molecular complexity index is 928. The van der Waals surface area contributed by atoms with Gasteiger partial charge in [-0.2, -0.15) is 0 Å². The average molecular weight is 372 g/mol. The molecule has 26 heavy (non-hydrogen) atoms. The van der Waals surface area contributed by atoms with E-state index in [2.05, 4.69) is 0 Å². The Balaban J connectivity index is 1.82. The molecule has 0 fully saturated rings. The SMILES string of the molecule is C[C@H]1OC(=O)C(CCOc2ccccc2)=C1c1ccc(S(C)(=O)=O)cc1. The smallest absolute Gasteiger partial charge is 0.335 e. The first-order chi connectivity index (χ1) is 12.4. The number of para-hydroxylation sites is 1. The van der Waals surface area contributed by atoms with Gasteiger partial charge in [-0.25, -0.2) is 13.2 Å². The molecule has 0 radical (unpaired) electrons. The highest BCUT2D eigenvalue weighted by Gasteiger charge is 2.31. The molecule has 1 atom stereocenters. The van der Waals surface area contributed by atoms with Gasteiger partial charge in [-0.05, 0) is 36.8 Å². The molecule has 0 N–H and O–H groups in total. The zero-order valence-corrected chi connectivity index (χ0v) is 15.5. The van der Waals surface area contributed by atoms with Crippen LogP contribution in [0.1, 0.15) is 18.9 Å². The highest BCUT2D eigenvalue weighted by molar-refractivity contribution is 7.90. The summed E-state index contributed by atoms with van der Waals surface area (Å²) in [4.78, 5) is 12.4. The quantitative estimate of drug-likeness (QED) is 0.728. The topological polar surface area (TPSA) is 69.7 Å². The van der Waals surface area contributed by atoms with Crippen molar-refractivity contribution in [2.45, 2.75) is 24.3 Å². The number of sulfone groups is 1. The number of hydrogen-bond donors (Lipinski definition) is 0. The Morgan fingerprint density at radius 3 is 2.31 bits per heavy atom. The second-order valence-corrected chi connectivity index (χ2v) is 8.16. The van der Waals surface area contributed by atoms with Crippen LogP contribution in [-0.2, 0) is 19.4 Å². The fraction of sp³-hybridized carbons (Fsp3) is 0.250. The summed E-state index contributed by atoms with van der Waals surface area (Å²) in [6.07, 6.45) is 1.21. The van der Waals surface area contributed by atoms with Gasteiger partial charge < -0.3 is 9.47 Å². The van der Waals surface area contributed by atoms with Gasteiger partial charge in [0.05, 0.1) is 11.5 Å². The van der Waals surface area contributed by atoms with Crippen LogP contribution in [0.5, 0.6) is 5.75 Å². The van der Waals surface area contributed by atoms with Crippen molar-refractivity contribution in [2.24, 2.45) is 0 Å². The maximum absolute atomic E-state index is 12.2. The lowest BCUT2D eigenvalue weighted by Crippen LogP contribution is -2.06. The van der Waals surface area contributed by atoms with Crippen molar-refractivity contribution in [3.8, 4) is 5.75 Å². The maximum atomic E-state index is 12.2. The Morgan fingerprint density at radius 2 is 1.69 bits per heavy atom. The molecule has 5 nitrogen and oxygen atoms in total. The third-order valence-electron chi connectivity index (χ3n) is 4.22. The van der Waals surface area contributed by atoms with Crippen LogP contribution in [0.4, 0.5) is 0 Å². The van der Waals surface area contributed by atoms with Crippen molar-refractivity contribution in [2.75, 3.05) is 12.9 Å². The van der Waals surface area contributed by atoms with E-state index in [0.29, 0.717) is 18.6 Å². The average Bonchev–Trinajstić information content (AvgIpc) is 2.89. The van der Waals surface area contributed by atoms with Crippen molar-refractivity contribution in [1.82, 2.24) is 0 Å². The number of rotatable bonds is 6. The van der Waals surface area contributed by atoms with E-state index in [1.54, 1.807) is 24.3 Å². The molecular weight excluding hydrogens is 352 g/mol. The third kappa shape index (κ3) is 3.96. The lowest BCUT2D eigenvalue weighted by Gasteiger charge is -2.10. The second-order valence-electron chi connectivity index (χ2n) is 6.15. The summed E-state index contributed by atoms with van der Waals surface area (Å²) in [6.45, 7) is 2.16. The molecule has 0 spiro atoms. The molecule has 1 aliphatic heterocycles. The first kappa shape index (κ1) is 18.2. The molecule has 0 saturated heterocycles. The van der Waals surface area contributed by atoms with Gasteiger partial charge >= 0.3 is 5.97 Å². The number of carbonyl (C=O) groups excluding carboxylic acids is 1. The van der Waals surface area contributed by atoms with Crippen molar-refractivity contribution >= 4 is 21.4 Å². The first-order valence-electron chi connectivity index (χ1n) is 8.28. The van der Waals surface area contributed by atoms with Gasteiger partial charge in [0.1, 0.15) is 11.9 Å². The summed E-state index contributed by atoms with van der Waals surface area (Å²) in [5.74, 6) is 0.392. The third-order valence-corrected chi connectivity index (χ3v) is 5.35. The van der Waals surface area contributed by atoms with Crippen LogP contribution in [0.15, 0.2) is 65.1 Å². The van der Waals surface area contributed by atoms with Crippen LogP contribution in [-0.4, -0.2) is 33.4 Å². The zero-order chi connectivity index (χ0) is 18.7. The largest absolute Gasteiger partial charge is 0.493 e. The molecule has 0 aromatic heterocycles. The first-order valence-corrected chi connectivity index (χ1v) is 10.2. The van der Waals surface area contributed by atoms with Crippen LogP contribution in [0.2, 0.25) is 0 Å². The van der Waals surface area contributed by atoms with Gasteiger partial charge in [0.15, 0.2) is 9.84 Å². The molecule has 0 bridgehead atoms. The fourth-order valence-electron chi connectivity index (χ4n) is 2.96. The number of hydrogen-bond acceptors (Lipinski definition) is 5. The van der Waals surface area contributed by atoms with E-state index in [-0.39, 0.29) is 17.0 Å². The molecule has 0 aliphatic carbocycles. The Labute approximate surface area is 153 Å². The summed E-state index contributed by atoms with van der Waals surface area (Å²) in [5, 5.41) is 0. The Hall–Kier alpha value is -2.60. The number of carbonyl (C=O) groups is 1. The van der Waals surface area contributed by atoms with Gasteiger partial charge in [0, 0.05) is 23.8 Å². The molecule has 0 amide bonds. The van der Waals surface area contributed by atoms with E-state index in [1.165, 1.54) is 6.26 Å². The second kappa shape index (κ2) is 7.33. The van der Waals surface area contributed by atoms with E-state index in [1.807, 2.05) is 37.3 Å². The lowest BCUT2D eigenvalue weighted by molar-refractivity contribution is -0.139. The lowest BCUT2D eigenvalue weighted by atomic mass is 9.96. The predicted octanol–water partition coefficient (Wildman–Crippen LogP) is 3.26.